The smallest absolute Gasteiger partial charge is 0.326 e. The Balaban J connectivity index is 1.86. The van der Waals surface area contributed by atoms with Crippen molar-refractivity contribution >= 4 is 5.97 Å². The van der Waals surface area contributed by atoms with E-state index in [4.69, 9.17) is 4.74 Å². The number of hydrogen-bond acceptors (Lipinski definition) is 4. The van der Waals surface area contributed by atoms with Gasteiger partial charge in [0.1, 0.15) is 17.7 Å². The second-order valence-electron chi connectivity index (χ2n) is 4.99. The maximum atomic E-state index is 11.3. The fraction of sp³-hybridized carbons (Fsp3) is 0.750. The zero-order valence-electron chi connectivity index (χ0n) is 10.2. The SMILES string of the molecule is O=C(O)C1CCCc2nnc(CC3CCCO3)n21. The second-order valence-corrected chi connectivity index (χ2v) is 4.99. The van der Waals surface area contributed by atoms with Crippen molar-refractivity contribution in [1.29, 1.82) is 0 Å². The average molecular weight is 251 g/mol. The van der Waals surface area contributed by atoms with Crippen LogP contribution in [0, 0.1) is 0 Å². The molecule has 0 aliphatic carbocycles. The summed E-state index contributed by atoms with van der Waals surface area (Å²) in [6.45, 7) is 0.800. The molecule has 98 valence electrons. The van der Waals surface area contributed by atoms with Crippen molar-refractivity contribution in [3.8, 4) is 0 Å². The fourth-order valence-electron chi connectivity index (χ4n) is 2.86. The van der Waals surface area contributed by atoms with Crippen molar-refractivity contribution in [1.82, 2.24) is 14.8 Å². The zero-order valence-corrected chi connectivity index (χ0v) is 10.2. The van der Waals surface area contributed by atoms with Gasteiger partial charge in [0.2, 0.25) is 0 Å². The first-order valence-electron chi connectivity index (χ1n) is 6.53. The van der Waals surface area contributed by atoms with Gasteiger partial charge in [-0.15, -0.1) is 10.2 Å². The third kappa shape index (κ3) is 2.01. The van der Waals surface area contributed by atoms with E-state index < -0.39 is 12.0 Å². The van der Waals surface area contributed by atoms with Crippen LogP contribution in [0.25, 0.3) is 0 Å². The predicted octanol–water partition coefficient (Wildman–Crippen LogP) is 0.962. The lowest BCUT2D eigenvalue weighted by Gasteiger charge is -2.23. The highest BCUT2D eigenvalue weighted by Crippen LogP contribution is 2.27. The Labute approximate surface area is 105 Å². The van der Waals surface area contributed by atoms with E-state index in [2.05, 4.69) is 10.2 Å². The number of aryl methyl sites for hydroxylation is 1. The van der Waals surface area contributed by atoms with Crippen LogP contribution in [0.3, 0.4) is 0 Å². The molecule has 6 nitrogen and oxygen atoms in total. The van der Waals surface area contributed by atoms with Crippen molar-refractivity contribution in [2.24, 2.45) is 0 Å². The highest BCUT2D eigenvalue weighted by Gasteiger charge is 2.31. The molecule has 2 aliphatic heterocycles. The van der Waals surface area contributed by atoms with Gasteiger partial charge in [0.15, 0.2) is 0 Å². The summed E-state index contributed by atoms with van der Waals surface area (Å²) in [5.74, 6) is 0.787. The zero-order chi connectivity index (χ0) is 12.5. The van der Waals surface area contributed by atoms with E-state index in [1.54, 1.807) is 0 Å². The van der Waals surface area contributed by atoms with Crippen LogP contribution in [0.4, 0.5) is 0 Å². The number of ether oxygens (including phenoxy) is 1. The lowest BCUT2D eigenvalue weighted by Crippen LogP contribution is -2.27. The van der Waals surface area contributed by atoms with Crippen LogP contribution in [-0.2, 0) is 22.4 Å². The molecule has 0 spiro atoms. The van der Waals surface area contributed by atoms with Crippen molar-refractivity contribution < 1.29 is 14.6 Å². The number of aromatic nitrogens is 3. The molecular formula is C12H17N3O3. The molecule has 6 heteroatoms. The van der Waals surface area contributed by atoms with Gasteiger partial charge in [0.05, 0.1) is 6.10 Å². The Kier molecular flexibility index (Phi) is 3.03. The number of carboxylic acid groups (broad SMARTS) is 1. The molecule has 0 radical (unpaired) electrons. The minimum absolute atomic E-state index is 0.176. The van der Waals surface area contributed by atoms with E-state index in [9.17, 15) is 9.90 Å². The monoisotopic (exact) mass is 251 g/mol. The van der Waals surface area contributed by atoms with Gasteiger partial charge in [0.25, 0.3) is 0 Å². The number of fused-ring (bicyclic) bond motifs is 1. The minimum atomic E-state index is -0.788. The van der Waals surface area contributed by atoms with Gasteiger partial charge in [-0.2, -0.15) is 0 Å². The van der Waals surface area contributed by atoms with E-state index in [1.807, 2.05) is 4.57 Å². The fourth-order valence-corrected chi connectivity index (χ4v) is 2.86. The maximum absolute atomic E-state index is 11.3. The predicted molar refractivity (Wildman–Crippen MR) is 62.3 cm³/mol. The molecule has 0 amide bonds. The Morgan fingerprint density at radius 2 is 2.28 bits per heavy atom. The van der Waals surface area contributed by atoms with Crippen molar-refractivity contribution in [3.63, 3.8) is 0 Å². The summed E-state index contributed by atoms with van der Waals surface area (Å²) >= 11 is 0. The van der Waals surface area contributed by atoms with Crippen LogP contribution in [0.15, 0.2) is 0 Å². The summed E-state index contributed by atoms with van der Waals surface area (Å²) in [5.41, 5.74) is 0. The number of carboxylic acids is 1. The van der Waals surface area contributed by atoms with Crippen LogP contribution < -0.4 is 0 Å². The normalized spacial score (nSPS) is 27.1. The van der Waals surface area contributed by atoms with Gasteiger partial charge in [-0.25, -0.2) is 4.79 Å². The van der Waals surface area contributed by atoms with E-state index >= 15 is 0 Å². The van der Waals surface area contributed by atoms with E-state index in [0.29, 0.717) is 12.8 Å². The molecule has 0 saturated carbocycles. The van der Waals surface area contributed by atoms with Gasteiger partial charge < -0.3 is 14.4 Å². The van der Waals surface area contributed by atoms with Crippen LogP contribution in [0.5, 0.6) is 0 Å². The number of nitrogens with zero attached hydrogens (tertiary/aromatic N) is 3. The largest absolute Gasteiger partial charge is 0.480 e. The Bertz CT molecular complexity index is 451. The topological polar surface area (TPSA) is 77.2 Å². The van der Waals surface area contributed by atoms with Crippen LogP contribution in [0.2, 0.25) is 0 Å². The summed E-state index contributed by atoms with van der Waals surface area (Å²) in [4.78, 5) is 11.3. The molecule has 1 saturated heterocycles. The molecule has 0 aromatic carbocycles. The molecule has 1 aromatic rings. The third-order valence-corrected chi connectivity index (χ3v) is 3.75. The molecule has 18 heavy (non-hydrogen) atoms. The summed E-state index contributed by atoms with van der Waals surface area (Å²) in [7, 11) is 0. The van der Waals surface area contributed by atoms with E-state index in [-0.39, 0.29) is 6.10 Å². The first-order chi connectivity index (χ1) is 8.75. The van der Waals surface area contributed by atoms with Gasteiger partial charge >= 0.3 is 5.97 Å². The summed E-state index contributed by atoms with van der Waals surface area (Å²) < 4.78 is 7.40. The lowest BCUT2D eigenvalue weighted by molar-refractivity contribution is -0.141. The molecule has 2 unspecified atom stereocenters. The Morgan fingerprint density at radius 3 is 3.00 bits per heavy atom. The molecule has 1 aromatic heterocycles. The number of carbonyl (C=O) groups is 1. The van der Waals surface area contributed by atoms with E-state index in [1.165, 1.54) is 0 Å². The maximum Gasteiger partial charge on any atom is 0.326 e. The Morgan fingerprint density at radius 1 is 1.39 bits per heavy atom. The minimum Gasteiger partial charge on any atom is -0.480 e. The first-order valence-corrected chi connectivity index (χ1v) is 6.53. The number of hydrogen-bond donors (Lipinski definition) is 1. The highest BCUT2D eigenvalue weighted by molar-refractivity contribution is 5.72. The van der Waals surface area contributed by atoms with Gasteiger partial charge in [-0.05, 0) is 25.7 Å². The highest BCUT2D eigenvalue weighted by atomic mass is 16.5. The van der Waals surface area contributed by atoms with Gasteiger partial charge in [-0.3, -0.25) is 0 Å². The summed E-state index contributed by atoms with van der Waals surface area (Å²) in [6, 6.07) is -0.500. The second kappa shape index (κ2) is 4.68. The summed E-state index contributed by atoms with van der Waals surface area (Å²) in [6.07, 6.45) is 5.32. The molecule has 1 fully saturated rings. The first kappa shape index (κ1) is 11.6. The van der Waals surface area contributed by atoms with E-state index in [0.717, 1.165) is 43.9 Å². The summed E-state index contributed by atoms with van der Waals surface area (Å²) in [5, 5.41) is 17.6. The van der Waals surface area contributed by atoms with Crippen molar-refractivity contribution in [2.75, 3.05) is 6.61 Å². The van der Waals surface area contributed by atoms with Gasteiger partial charge in [0, 0.05) is 19.4 Å². The standard InChI is InChI=1S/C12H17N3O3/c16-12(17)9-4-1-5-10-13-14-11(15(9)10)7-8-3-2-6-18-8/h8-9H,1-7H2,(H,16,17). The molecule has 2 atom stereocenters. The lowest BCUT2D eigenvalue weighted by atomic mass is 10.0. The Hall–Kier alpha value is -1.43. The molecule has 3 rings (SSSR count). The third-order valence-electron chi connectivity index (χ3n) is 3.75. The van der Waals surface area contributed by atoms with Crippen LogP contribution in [0.1, 0.15) is 43.4 Å². The molecule has 1 N–H and O–H groups in total. The van der Waals surface area contributed by atoms with Crippen LogP contribution in [-0.4, -0.2) is 38.6 Å². The number of rotatable bonds is 3. The quantitative estimate of drug-likeness (QED) is 0.865. The molecule has 0 bridgehead atoms. The van der Waals surface area contributed by atoms with Crippen molar-refractivity contribution in [2.45, 2.75) is 50.7 Å². The van der Waals surface area contributed by atoms with Crippen molar-refractivity contribution in [3.05, 3.63) is 11.6 Å². The van der Waals surface area contributed by atoms with Gasteiger partial charge in [-0.1, -0.05) is 0 Å². The average Bonchev–Trinajstić information content (AvgIpc) is 2.99. The molecular weight excluding hydrogens is 234 g/mol. The number of aliphatic carboxylic acids is 1. The molecule has 3 heterocycles. The molecule has 2 aliphatic rings. The van der Waals surface area contributed by atoms with Crippen LogP contribution >= 0.6 is 0 Å².